The zero-order valence-electron chi connectivity index (χ0n) is 8.83. The molecule has 0 heterocycles. The lowest BCUT2D eigenvalue weighted by Crippen LogP contribution is -2.58. The van der Waals surface area contributed by atoms with Crippen molar-refractivity contribution in [3.05, 3.63) is 0 Å². The highest BCUT2D eigenvalue weighted by Crippen LogP contribution is 2.45. The van der Waals surface area contributed by atoms with Crippen LogP contribution < -0.4 is 0 Å². The van der Waals surface area contributed by atoms with Crippen LogP contribution in [0.1, 0.15) is 0 Å². The van der Waals surface area contributed by atoms with E-state index in [0.29, 0.717) is 0 Å². The summed E-state index contributed by atoms with van der Waals surface area (Å²) < 4.78 is 105. The number of esters is 1. The van der Waals surface area contributed by atoms with E-state index >= 15 is 0 Å². The minimum atomic E-state index is -6.33. The molecule has 0 saturated heterocycles. The zero-order valence-corrected chi connectivity index (χ0v) is 11.0. The van der Waals surface area contributed by atoms with Gasteiger partial charge in [-0.05, 0) is 0 Å². The normalized spacial score (nSPS) is 16.9. The van der Waals surface area contributed by atoms with E-state index in [0.717, 1.165) is 22.6 Å². The van der Waals surface area contributed by atoms with Crippen LogP contribution in [0, 0.1) is 0 Å². The topological polar surface area (TPSA) is 35.5 Å². The minimum Gasteiger partial charge on any atom is -0.465 e. The lowest BCUT2D eigenvalue weighted by Gasteiger charge is -2.32. The fourth-order valence-electron chi connectivity index (χ4n) is 0.676. The summed E-state index contributed by atoms with van der Waals surface area (Å²) in [6, 6.07) is 0. The first-order valence-electron chi connectivity index (χ1n) is 4.11. The molecule has 0 radical (unpaired) electrons. The standard InChI is InChI=1S/C7H5F8IO3/c1-18-3(17)5(10,6(11,12)13)19-7(14,15)4(8,9)2-16/h2H2,1H3. The summed E-state index contributed by atoms with van der Waals surface area (Å²) in [5, 5.41) is 0. The van der Waals surface area contributed by atoms with Crippen LogP contribution in [0.3, 0.4) is 0 Å². The largest absolute Gasteiger partial charge is 0.465 e. The Hall–Kier alpha value is -0.400. The Morgan fingerprint density at radius 3 is 1.74 bits per heavy atom. The monoisotopic (exact) mass is 416 g/mol. The molecule has 0 rings (SSSR count). The van der Waals surface area contributed by atoms with Crippen LogP contribution in [-0.4, -0.2) is 41.6 Å². The van der Waals surface area contributed by atoms with Crippen molar-refractivity contribution in [2.75, 3.05) is 11.5 Å². The molecular formula is C7H5F8IO3. The molecular weight excluding hydrogens is 411 g/mol. The van der Waals surface area contributed by atoms with Crippen molar-refractivity contribution in [1.82, 2.24) is 0 Å². The molecule has 0 saturated carbocycles. The highest BCUT2D eigenvalue weighted by Gasteiger charge is 2.72. The van der Waals surface area contributed by atoms with Crippen LogP contribution >= 0.6 is 22.6 Å². The lowest BCUT2D eigenvalue weighted by atomic mass is 10.3. The quantitative estimate of drug-likeness (QED) is 0.299. The van der Waals surface area contributed by atoms with Gasteiger partial charge >= 0.3 is 30.0 Å². The van der Waals surface area contributed by atoms with E-state index in [1.165, 1.54) is 0 Å². The van der Waals surface area contributed by atoms with Gasteiger partial charge in [-0.3, -0.25) is 4.74 Å². The number of hydrogen-bond acceptors (Lipinski definition) is 3. The molecule has 0 aliphatic heterocycles. The van der Waals surface area contributed by atoms with Gasteiger partial charge < -0.3 is 4.74 Å². The highest BCUT2D eigenvalue weighted by atomic mass is 127. The number of rotatable bonds is 5. The smallest absolute Gasteiger partial charge is 0.460 e. The van der Waals surface area contributed by atoms with Crippen LogP contribution in [0.25, 0.3) is 0 Å². The molecule has 0 amide bonds. The van der Waals surface area contributed by atoms with Crippen molar-refractivity contribution in [3.63, 3.8) is 0 Å². The van der Waals surface area contributed by atoms with E-state index < -0.39 is 34.5 Å². The third-order valence-electron chi connectivity index (χ3n) is 1.68. The fraction of sp³-hybridized carbons (Fsp3) is 0.857. The van der Waals surface area contributed by atoms with E-state index in [9.17, 15) is 39.9 Å². The first-order chi connectivity index (χ1) is 8.25. The number of ether oxygens (including phenoxy) is 2. The molecule has 12 heteroatoms. The van der Waals surface area contributed by atoms with Crippen molar-refractivity contribution in [2.24, 2.45) is 0 Å². The molecule has 0 aliphatic carbocycles. The van der Waals surface area contributed by atoms with Crippen molar-refractivity contribution in [3.8, 4) is 0 Å². The molecule has 0 aliphatic rings. The second kappa shape index (κ2) is 5.54. The van der Waals surface area contributed by atoms with Gasteiger partial charge in [0.15, 0.2) is 0 Å². The Balaban J connectivity index is 5.55. The molecule has 0 fully saturated rings. The van der Waals surface area contributed by atoms with Crippen LogP contribution in [0.2, 0.25) is 0 Å². The van der Waals surface area contributed by atoms with Crippen molar-refractivity contribution < 1.29 is 49.4 Å². The number of alkyl halides is 9. The summed E-state index contributed by atoms with van der Waals surface area (Å²) in [4.78, 5) is 10.6. The summed E-state index contributed by atoms with van der Waals surface area (Å²) >= 11 is 0.725. The number of carbonyl (C=O) groups is 1. The number of carbonyl (C=O) groups excluding carboxylic acids is 1. The van der Waals surface area contributed by atoms with E-state index in [1.807, 2.05) is 0 Å². The summed E-state index contributed by atoms with van der Waals surface area (Å²) in [5.41, 5.74) is 0. The Morgan fingerprint density at radius 2 is 1.47 bits per heavy atom. The van der Waals surface area contributed by atoms with Gasteiger partial charge in [0.2, 0.25) is 0 Å². The zero-order chi connectivity index (χ0) is 15.7. The van der Waals surface area contributed by atoms with Gasteiger partial charge in [0.05, 0.1) is 11.5 Å². The van der Waals surface area contributed by atoms with Crippen molar-refractivity contribution >= 4 is 28.6 Å². The summed E-state index contributed by atoms with van der Waals surface area (Å²) in [7, 11) is 0.236. The molecule has 0 bridgehead atoms. The predicted molar refractivity (Wildman–Crippen MR) is 51.8 cm³/mol. The van der Waals surface area contributed by atoms with Crippen molar-refractivity contribution in [2.45, 2.75) is 24.1 Å². The lowest BCUT2D eigenvalue weighted by molar-refractivity contribution is -0.435. The molecule has 0 aromatic carbocycles. The van der Waals surface area contributed by atoms with Gasteiger partial charge in [-0.25, -0.2) is 4.79 Å². The first-order valence-corrected chi connectivity index (χ1v) is 5.63. The van der Waals surface area contributed by atoms with Crippen LogP contribution in [0.4, 0.5) is 35.1 Å². The first kappa shape index (κ1) is 18.6. The molecule has 19 heavy (non-hydrogen) atoms. The van der Waals surface area contributed by atoms with Crippen molar-refractivity contribution in [1.29, 1.82) is 0 Å². The third-order valence-corrected chi connectivity index (χ3v) is 2.63. The second-order valence-electron chi connectivity index (χ2n) is 3.04. The summed E-state index contributed by atoms with van der Waals surface area (Å²) in [6.45, 7) is 0. The van der Waals surface area contributed by atoms with Gasteiger partial charge in [-0.2, -0.15) is 35.1 Å². The Morgan fingerprint density at radius 1 is 1.05 bits per heavy atom. The van der Waals surface area contributed by atoms with Gasteiger partial charge in [0, 0.05) is 0 Å². The Labute approximate surface area is 114 Å². The Bertz CT molecular complexity index is 344. The molecule has 3 nitrogen and oxygen atoms in total. The molecule has 1 atom stereocenters. The van der Waals surface area contributed by atoms with E-state index in [1.54, 1.807) is 0 Å². The molecule has 0 aromatic rings. The maximum atomic E-state index is 13.2. The van der Waals surface area contributed by atoms with Gasteiger partial charge in [0.25, 0.3) is 0 Å². The van der Waals surface area contributed by atoms with E-state index in [4.69, 9.17) is 0 Å². The molecule has 1 unspecified atom stereocenters. The average Bonchev–Trinajstić information content (AvgIpc) is 2.25. The van der Waals surface area contributed by atoms with E-state index in [-0.39, 0.29) is 7.11 Å². The third kappa shape index (κ3) is 3.58. The maximum absolute atomic E-state index is 13.2. The summed E-state index contributed by atoms with van der Waals surface area (Å²) in [5.74, 6) is -13.8. The molecule has 0 spiro atoms. The Kier molecular flexibility index (Phi) is 5.42. The van der Waals surface area contributed by atoms with Gasteiger partial charge in [0.1, 0.15) is 0 Å². The second-order valence-corrected chi connectivity index (χ2v) is 3.80. The molecule has 0 N–H and O–H groups in total. The SMILES string of the molecule is COC(=O)C(F)(OC(F)(F)C(F)(F)CI)C(F)(F)F. The van der Waals surface area contributed by atoms with E-state index in [2.05, 4.69) is 9.47 Å². The van der Waals surface area contributed by atoms with Gasteiger partial charge in [-0.15, -0.1) is 0 Å². The number of hydrogen-bond donors (Lipinski definition) is 0. The molecule has 114 valence electrons. The van der Waals surface area contributed by atoms with Crippen LogP contribution in [-0.2, 0) is 14.3 Å². The number of halogens is 9. The highest BCUT2D eigenvalue weighted by molar-refractivity contribution is 14.1. The average molecular weight is 416 g/mol. The number of methoxy groups -OCH3 is 1. The predicted octanol–water partition coefficient (Wildman–Crippen LogP) is 3.07. The van der Waals surface area contributed by atoms with Crippen LogP contribution in [0.5, 0.6) is 0 Å². The maximum Gasteiger partial charge on any atom is 0.460 e. The fourth-order valence-corrected chi connectivity index (χ4v) is 1.12. The minimum absolute atomic E-state index is 0.236. The molecule has 0 aromatic heterocycles. The van der Waals surface area contributed by atoms with Crippen LogP contribution in [0.15, 0.2) is 0 Å². The summed E-state index contributed by atoms with van der Waals surface area (Å²) in [6.07, 6.45) is -12.2. The van der Waals surface area contributed by atoms with Gasteiger partial charge in [-0.1, -0.05) is 22.6 Å².